The van der Waals surface area contributed by atoms with Gasteiger partial charge in [-0.25, -0.2) is 4.79 Å². The van der Waals surface area contributed by atoms with Gasteiger partial charge in [0.1, 0.15) is 0 Å². The molecule has 0 aliphatic rings. The summed E-state index contributed by atoms with van der Waals surface area (Å²) in [6, 6.07) is 0.947. The maximum absolute atomic E-state index is 11.2. The first kappa shape index (κ1) is 21.1. The number of urea groups is 1. The molecule has 22 heavy (non-hydrogen) atoms. The highest BCUT2D eigenvalue weighted by Crippen LogP contribution is 2.13. The monoisotopic (exact) mass is 315 g/mol. The average Bonchev–Trinajstić information content (AvgIpc) is 2.50. The van der Waals surface area contributed by atoms with Gasteiger partial charge in [0.15, 0.2) is 0 Å². The Labute approximate surface area is 136 Å². The van der Waals surface area contributed by atoms with E-state index in [0.717, 1.165) is 25.7 Å². The summed E-state index contributed by atoms with van der Waals surface area (Å²) in [5.74, 6) is 0. The Morgan fingerprint density at radius 2 is 1.64 bits per heavy atom. The summed E-state index contributed by atoms with van der Waals surface area (Å²) in [5, 5.41) is 12.8. The van der Waals surface area contributed by atoms with Crippen LogP contribution in [0.2, 0.25) is 0 Å². The lowest BCUT2D eigenvalue weighted by molar-refractivity contribution is 0.238. The van der Waals surface area contributed by atoms with Crippen LogP contribution in [0.1, 0.15) is 52.4 Å². The highest BCUT2D eigenvalue weighted by Gasteiger charge is 2.21. The molecule has 4 unspecified atom stereocenters. The normalized spacial score (nSPS) is 16.8. The van der Waals surface area contributed by atoms with Crippen LogP contribution < -0.4 is 27.0 Å². The summed E-state index contributed by atoms with van der Waals surface area (Å²) in [7, 11) is 5.94. The van der Waals surface area contributed by atoms with E-state index in [1.54, 1.807) is 0 Å². The zero-order chi connectivity index (χ0) is 17.0. The van der Waals surface area contributed by atoms with Crippen molar-refractivity contribution in [2.75, 3.05) is 21.1 Å². The lowest BCUT2D eigenvalue weighted by Crippen LogP contribution is -2.50. The van der Waals surface area contributed by atoms with Crippen molar-refractivity contribution in [1.29, 1.82) is 0 Å². The predicted octanol–water partition coefficient (Wildman–Crippen LogP) is 1.17. The van der Waals surface area contributed by atoms with Gasteiger partial charge in [-0.1, -0.05) is 13.3 Å². The maximum atomic E-state index is 11.2. The molecule has 0 heterocycles. The number of hydrogen-bond donors (Lipinski definition) is 5. The second-order valence-electron chi connectivity index (χ2n) is 6.10. The Bertz CT molecular complexity index is 284. The van der Waals surface area contributed by atoms with Crippen LogP contribution in [0.15, 0.2) is 0 Å². The standard InChI is InChI=1S/C16H37N5O/c1-6-14(20-5)15(21-16(17)22)11-10-13(19-4)9-7-8-12(2)18-3/h12-15,18-20H,6-11H2,1-5H3,(H3,17,21,22). The van der Waals surface area contributed by atoms with Crippen LogP contribution in [0.3, 0.4) is 0 Å². The fraction of sp³-hybridized carbons (Fsp3) is 0.938. The van der Waals surface area contributed by atoms with Gasteiger partial charge < -0.3 is 27.0 Å². The van der Waals surface area contributed by atoms with Crippen LogP contribution in [0.25, 0.3) is 0 Å². The summed E-state index contributed by atoms with van der Waals surface area (Å²) in [4.78, 5) is 11.2. The Balaban J connectivity index is 4.30. The van der Waals surface area contributed by atoms with Crippen molar-refractivity contribution in [2.24, 2.45) is 5.73 Å². The Hall–Kier alpha value is -0.850. The van der Waals surface area contributed by atoms with E-state index in [2.05, 4.69) is 35.1 Å². The molecule has 0 saturated carbocycles. The van der Waals surface area contributed by atoms with E-state index >= 15 is 0 Å². The molecule has 0 rings (SSSR count). The van der Waals surface area contributed by atoms with Crippen molar-refractivity contribution in [3.63, 3.8) is 0 Å². The van der Waals surface area contributed by atoms with Gasteiger partial charge in [-0.3, -0.25) is 0 Å². The molecule has 2 amide bonds. The fourth-order valence-electron chi connectivity index (χ4n) is 2.88. The molecule has 6 nitrogen and oxygen atoms in total. The van der Waals surface area contributed by atoms with Gasteiger partial charge in [0.25, 0.3) is 0 Å². The number of nitrogens with one attached hydrogen (secondary N) is 4. The SMILES string of the molecule is CCC(NC)C(CCC(CCCC(C)NC)NC)NC(N)=O. The van der Waals surface area contributed by atoms with E-state index in [0.29, 0.717) is 12.1 Å². The minimum atomic E-state index is -0.442. The molecule has 0 aromatic rings. The molecule has 0 bridgehead atoms. The van der Waals surface area contributed by atoms with Gasteiger partial charge in [0, 0.05) is 24.2 Å². The molecule has 0 aliphatic carbocycles. The number of likely N-dealkylation sites (N-methyl/N-ethyl adjacent to an activating group) is 1. The second-order valence-corrected chi connectivity index (χ2v) is 6.10. The van der Waals surface area contributed by atoms with Gasteiger partial charge in [-0.2, -0.15) is 0 Å². The number of carbonyl (C=O) groups is 1. The summed E-state index contributed by atoms with van der Waals surface area (Å²) < 4.78 is 0. The molecule has 6 N–H and O–H groups in total. The van der Waals surface area contributed by atoms with Crippen LogP contribution in [0.5, 0.6) is 0 Å². The zero-order valence-electron chi connectivity index (χ0n) is 15.0. The third kappa shape index (κ3) is 9.23. The van der Waals surface area contributed by atoms with Gasteiger partial charge in [-0.15, -0.1) is 0 Å². The largest absolute Gasteiger partial charge is 0.352 e. The van der Waals surface area contributed by atoms with Crippen LogP contribution in [0.4, 0.5) is 4.79 Å². The average molecular weight is 316 g/mol. The second kappa shape index (κ2) is 12.7. The highest BCUT2D eigenvalue weighted by atomic mass is 16.2. The zero-order valence-corrected chi connectivity index (χ0v) is 15.0. The number of primary amides is 1. The molecule has 0 saturated heterocycles. The minimum Gasteiger partial charge on any atom is -0.352 e. The number of hydrogen-bond acceptors (Lipinski definition) is 4. The van der Waals surface area contributed by atoms with Gasteiger partial charge in [0.05, 0.1) is 0 Å². The van der Waals surface area contributed by atoms with Crippen molar-refractivity contribution in [3.8, 4) is 0 Å². The number of rotatable bonds is 13. The molecule has 0 aromatic carbocycles. The molecule has 6 heteroatoms. The first-order valence-electron chi connectivity index (χ1n) is 8.56. The van der Waals surface area contributed by atoms with Crippen LogP contribution >= 0.6 is 0 Å². The number of carbonyl (C=O) groups excluding carboxylic acids is 1. The lowest BCUT2D eigenvalue weighted by Gasteiger charge is -2.28. The Morgan fingerprint density at radius 3 is 2.09 bits per heavy atom. The van der Waals surface area contributed by atoms with Gasteiger partial charge >= 0.3 is 6.03 Å². The topological polar surface area (TPSA) is 91.2 Å². The third-order valence-corrected chi connectivity index (χ3v) is 4.54. The fourth-order valence-corrected chi connectivity index (χ4v) is 2.88. The quantitative estimate of drug-likeness (QED) is 0.353. The van der Waals surface area contributed by atoms with Crippen molar-refractivity contribution in [1.82, 2.24) is 21.3 Å². The molecule has 132 valence electrons. The van der Waals surface area contributed by atoms with Gasteiger partial charge in [-0.05, 0) is 60.2 Å². The molecule has 0 fully saturated rings. The van der Waals surface area contributed by atoms with Crippen LogP contribution in [0, 0.1) is 0 Å². The van der Waals surface area contributed by atoms with E-state index in [-0.39, 0.29) is 12.1 Å². The minimum absolute atomic E-state index is 0.0829. The van der Waals surface area contributed by atoms with Crippen molar-refractivity contribution in [3.05, 3.63) is 0 Å². The van der Waals surface area contributed by atoms with Crippen molar-refractivity contribution < 1.29 is 4.79 Å². The first-order chi connectivity index (χ1) is 10.5. The van der Waals surface area contributed by atoms with E-state index in [1.807, 2.05) is 21.1 Å². The molecule has 0 aliphatic heterocycles. The first-order valence-corrected chi connectivity index (χ1v) is 8.56. The highest BCUT2D eigenvalue weighted by molar-refractivity contribution is 5.72. The van der Waals surface area contributed by atoms with Crippen molar-refractivity contribution >= 4 is 6.03 Å². The summed E-state index contributed by atoms with van der Waals surface area (Å²) in [5.41, 5.74) is 5.31. The molecule has 4 atom stereocenters. The van der Waals surface area contributed by atoms with Crippen LogP contribution in [-0.4, -0.2) is 51.3 Å². The molecule has 0 spiro atoms. The van der Waals surface area contributed by atoms with E-state index in [4.69, 9.17) is 5.73 Å². The van der Waals surface area contributed by atoms with E-state index in [1.165, 1.54) is 12.8 Å². The number of nitrogens with two attached hydrogens (primary N) is 1. The molecule has 0 aromatic heterocycles. The molecule has 0 radical (unpaired) electrons. The van der Waals surface area contributed by atoms with Crippen LogP contribution in [-0.2, 0) is 0 Å². The summed E-state index contributed by atoms with van der Waals surface area (Å²) >= 11 is 0. The molecular weight excluding hydrogens is 278 g/mol. The number of amides is 2. The van der Waals surface area contributed by atoms with Crippen molar-refractivity contribution in [2.45, 2.75) is 76.5 Å². The predicted molar refractivity (Wildman–Crippen MR) is 94.1 cm³/mol. The van der Waals surface area contributed by atoms with Gasteiger partial charge in [0.2, 0.25) is 0 Å². The summed E-state index contributed by atoms with van der Waals surface area (Å²) in [6.45, 7) is 4.32. The third-order valence-electron chi connectivity index (χ3n) is 4.54. The Morgan fingerprint density at radius 1 is 0.955 bits per heavy atom. The smallest absolute Gasteiger partial charge is 0.312 e. The summed E-state index contributed by atoms with van der Waals surface area (Å²) in [6.07, 6.45) is 6.47. The molecular formula is C16H37N5O. The van der Waals surface area contributed by atoms with E-state index < -0.39 is 6.03 Å². The van der Waals surface area contributed by atoms with E-state index in [9.17, 15) is 4.79 Å². The Kier molecular flexibility index (Phi) is 12.2. The maximum Gasteiger partial charge on any atom is 0.312 e. The lowest BCUT2D eigenvalue weighted by atomic mass is 9.95.